The lowest BCUT2D eigenvalue weighted by atomic mass is 10.3. The summed E-state index contributed by atoms with van der Waals surface area (Å²) >= 11 is 0. The minimum atomic E-state index is 0.293. The van der Waals surface area contributed by atoms with Gasteiger partial charge in [-0.05, 0) is 32.0 Å². The Hall–Kier alpha value is -2.63. The number of nitrogen functional groups attached to an aromatic ring is 1. The lowest BCUT2D eigenvalue weighted by Gasteiger charge is -2.08. The van der Waals surface area contributed by atoms with Crippen LogP contribution < -0.4 is 10.5 Å². The fourth-order valence-electron chi connectivity index (χ4n) is 2.15. The molecule has 20 heavy (non-hydrogen) atoms. The van der Waals surface area contributed by atoms with Gasteiger partial charge in [0.25, 0.3) is 5.78 Å². The first-order valence-electron chi connectivity index (χ1n) is 6.30. The second-order valence-electron chi connectivity index (χ2n) is 4.62. The molecular weight excluding hydrogens is 254 g/mol. The molecule has 6 nitrogen and oxygen atoms in total. The summed E-state index contributed by atoms with van der Waals surface area (Å²) in [6.45, 7) is 4.22. The first kappa shape index (κ1) is 12.4. The SMILES string of the molecule is Cc1cc(C)n2c(COc3ccccc3N)nnc2n1. The summed E-state index contributed by atoms with van der Waals surface area (Å²) in [6.07, 6.45) is 0. The van der Waals surface area contributed by atoms with Crippen LogP contribution in [0.25, 0.3) is 5.78 Å². The zero-order valence-electron chi connectivity index (χ0n) is 11.4. The number of rotatable bonds is 3. The monoisotopic (exact) mass is 269 g/mol. The van der Waals surface area contributed by atoms with Crippen molar-refractivity contribution in [3.8, 4) is 5.75 Å². The van der Waals surface area contributed by atoms with Crippen molar-refractivity contribution >= 4 is 11.5 Å². The second-order valence-corrected chi connectivity index (χ2v) is 4.62. The van der Waals surface area contributed by atoms with Crippen molar-refractivity contribution in [2.75, 3.05) is 5.73 Å². The number of nitrogens with two attached hydrogens (primary N) is 1. The molecule has 0 aliphatic rings. The van der Waals surface area contributed by atoms with Gasteiger partial charge in [0, 0.05) is 11.4 Å². The normalized spacial score (nSPS) is 10.9. The van der Waals surface area contributed by atoms with Crippen molar-refractivity contribution < 1.29 is 4.74 Å². The zero-order chi connectivity index (χ0) is 14.1. The molecule has 102 valence electrons. The number of ether oxygens (including phenoxy) is 1. The molecule has 0 fully saturated rings. The van der Waals surface area contributed by atoms with Gasteiger partial charge in [0.05, 0.1) is 5.69 Å². The van der Waals surface area contributed by atoms with Crippen LogP contribution in [0.5, 0.6) is 5.75 Å². The van der Waals surface area contributed by atoms with Crippen molar-refractivity contribution in [3.63, 3.8) is 0 Å². The van der Waals surface area contributed by atoms with Crippen molar-refractivity contribution in [3.05, 3.63) is 47.5 Å². The Morgan fingerprint density at radius 1 is 1.20 bits per heavy atom. The fraction of sp³-hybridized carbons (Fsp3) is 0.214. The van der Waals surface area contributed by atoms with E-state index in [0.717, 1.165) is 11.4 Å². The third-order valence-corrected chi connectivity index (χ3v) is 3.04. The fourth-order valence-corrected chi connectivity index (χ4v) is 2.15. The summed E-state index contributed by atoms with van der Waals surface area (Å²) in [5.41, 5.74) is 8.39. The Morgan fingerprint density at radius 3 is 2.80 bits per heavy atom. The number of fused-ring (bicyclic) bond motifs is 1. The van der Waals surface area contributed by atoms with Gasteiger partial charge in [-0.2, -0.15) is 0 Å². The van der Waals surface area contributed by atoms with Crippen LogP contribution in [0.3, 0.4) is 0 Å². The van der Waals surface area contributed by atoms with Gasteiger partial charge < -0.3 is 10.5 Å². The van der Waals surface area contributed by atoms with E-state index < -0.39 is 0 Å². The van der Waals surface area contributed by atoms with Gasteiger partial charge in [-0.1, -0.05) is 12.1 Å². The Kier molecular flexibility index (Phi) is 2.98. The summed E-state index contributed by atoms with van der Waals surface area (Å²) in [7, 11) is 0. The topological polar surface area (TPSA) is 78.3 Å². The van der Waals surface area contributed by atoms with E-state index in [1.807, 2.05) is 42.5 Å². The third kappa shape index (κ3) is 2.16. The molecule has 3 aromatic rings. The molecule has 0 atom stereocenters. The summed E-state index contributed by atoms with van der Waals surface area (Å²) in [6, 6.07) is 9.35. The van der Waals surface area contributed by atoms with E-state index in [-0.39, 0.29) is 0 Å². The molecule has 2 heterocycles. The molecule has 0 aliphatic carbocycles. The summed E-state index contributed by atoms with van der Waals surface area (Å²) in [5, 5.41) is 8.19. The lowest BCUT2D eigenvalue weighted by Crippen LogP contribution is -2.05. The number of hydrogen-bond donors (Lipinski definition) is 1. The third-order valence-electron chi connectivity index (χ3n) is 3.04. The molecule has 6 heteroatoms. The van der Waals surface area contributed by atoms with E-state index in [1.54, 1.807) is 6.07 Å². The van der Waals surface area contributed by atoms with Crippen LogP contribution in [-0.4, -0.2) is 19.6 Å². The maximum Gasteiger partial charge on any atom is 0.255 e. The number of para-hydroxylation sites is 2. The average Bonchev–Trinajstić information content (AvgIpc) is 2.81. The van der Waals surface area contributed by atoms with Crippen LogP contribution in [0.15, 0.2) is 30.3 Å². The largest absolute Gasteiger partial charge is 0.483 e. The van der Waals surface area contributed by atoms with E-state index in [2.05, 4.69) is 15.2 Å². The number of anilines is 1. The highest BCUT2D eigenvalue weighted by Crippen LogP contribution is 2.21. The molecule has 2 N–H and O–H groups in total. The molecule has 0 radical (unpaired) electrons. The van der Waals surface area contributed by atoms with E-state index in [1.165, 1.54) is 0 Å². The molecule has 1 aromatic carbocycles. The van der Waals surface area contributed by atoms with Gasteiger partial charge in [0.2, 0.25) is 0 Å². The Bertz CT molecular complexity index is 765. The molecule has 0 unspecified atom stereocenters. The van der Waals surface area contributed by atoms with Crippen LogP contribution in [0.4, 0.5) is 5.69 Å². The summed E-state index contributed by atoms with van der Waals surface area (Å²) in [5.74, 6) is 1.93. The zero-order valence-corrected chi connectivity index (χ0v) is 11.4. The minimum Gasteiger partial charge on any atom is -0.483 e. The molecule has 2 aromatic heterocycles. The highest BCUT2D eigenvalue weighted by atomic mass is 16.5. The van der Waals surface area contributed by atoms with Crippen molar-refractivity contribution in [1.29, 1.82) is 0 Å². The molecule has 0 spiro atoms. The number of aromatic nitrogens is 4. The van der Waals surface area contributed by atoms with Crippen LogP contribution in [0, 0.1) is 13.8 Å². The van der Waals surface area contributed by atoms with Gasteiger partial charge in [0.15, 0.2) is 5.82 Å². The highest BCUT2D eigenvalue weighted by Gasteiger charge is 2.10. The Morgan fingerprint density at radius 2 is 2.00 bits per heavy atom. The van der Waals surface area contributed by atoms with E-state index in [9.17, 15) is 0 Å². The van der Waals surface area contributed by atoms with Crippen LogP contribution in [-0.2, 0) is 6.61 Å². The van der Waals surface area contributed by atoms with Crippen LogP contribution in [0.1, 0.15) is 17.2 Å². The maximum absolute atomic E-state index is 5.84. The predicted octanol–water partition coefficient (Wildman–Crippen LogP) is 1.90. The Balaban J connectivity index is 1.90. The van der Waals surface area contributed by atoms with Crippen LogP contribution >= 0.6 is 0 Å². The van der Waals surface area contributed by atoms with Gasteiger partial charge >= 0.3 is 0 Å². The number of hydrogen-bond acceptors (Lipinski definition) is 5. The minimum absolute atomic E-state index is 0.293. The Labute approximate surface area is 116 Å². The van der Waals surface area contributed by atoms with E-state index in [0.29, 0.717) is 29.6 Å². The van der Waals surface area contributed by atoms with Crippen molar-refractivity contribution in [2.45, 2.75) is 20.5 Å². The standard InChI is InChI=1S/C14H15N5O/c1-9-7-10(2)19-13(17-18-14(19)16-9)8-20-12-6-4-3-5-11(12)15/h3-7H,8,15H2,1-2H3. The first-order chi connectivity index (χ1) is 9.65. The van der Waals surface area contributed by atoms with Gasteiger partial charge in [-0.3, -0.25) is 4.40 Å². The second kappa shape index (κ2) is 4.80. The predicted molar refractivity (Wildman–Crippen MR) is 75.4 cm³/mol. The molecule has 0 aliphatic heterocycles. The highest BCUT2D eigenvalue weighted by molar-refractivity contribution is 5.51. The number of aryl methyl sites for hydroxylation is 2. The quantitative estimate of drug-likeness (QED) is 0.735. The first-order valence-corrected chi connectivity index (χ1v) is 6.30. The molecule has 0 saturated carbocycles. The molecule has 3 rings (SSSR count). The summed E-state index contributed by atoms with van der Waals surface area (Å²) in [4.78, 5) is 4.34. The molecular formula is C14H15N5O. The average molecular weight is 269 g/mol. The lowest BCUT2D eigenvalue weighted by molar-refractivity contribution is 0.296. The number of nitrogens with zero attached hydrogens (tertiary/aromatic N) is 4. The summed E-state index contributed by atoms with van der Waals surface area (Å²) < 4.78 is 7.58. The smallest absolute Gasteiger partial charge is 0.255 e. The van der Waals surface area contributed by atoms with Gasteiger partial charge in [-0.25, -0.2) is 4.98 Å². The molecule has 0 bridgehead atoms. The van der Waals surface area contributed by atoms with Crippen molar-refractivity contribution in [1.82, 2.24) is 19.6 Å². The van der Waals surface area contributed by atoms with Gasteiger partial charge in [-0.15, -0.1) is 10.2 Å². The number of benzene rings is 1. The van der Waals surface area contributed by atoms with E-state index in [4.69, 9.17) is 10.5 Å². The maximum atomic E-state index is 5.84. The van der Waals surface area contributed by atoms with Gasteiger partial charge in [0.1, 0.15) is 12.4 Å². The van der Waals surface area contributed by atoms with Crippen LogP contribution in [0.2, 0.25) is 0 Å². The van der Waals surface area contributed by atoms with Crippen molar-refractivity contribution in [2.24, 2.45) is 0 Å². The molecule has 0 saturated heterocycles. The van der Waals surface area contributed by atoms with E-state index >= 15 is 0 Å². The molecule has 0 amide bonds.